The first kappa shape index (κ1) is 8.58. The highest BCUT2D eigenvalue weighted by atomic mass is 16.2. The highest BCUT2D eigenvalue weighted by Crippen LogP contribution is 1.89. The Morgan fingerprint density at radius 2 is 2.58 bits per heavy atom. The molecule has 66 valence electrons. The van der Waals surface area contributed by atoms with Gasteiger partial charge in [-0.25, -0.2) is 9.78 Å². The third-order valence-corrected chi connectivity index (χ3v) is 1.46. The Kier molecular flexibility index (Phi) is 3.13. The molecule has 0 aliphatic carbocycles. The van der Waals surface area contributed by atoms with E-state index in [0.29, 0.717) is 6.54 Å². The van der Waals surface area contributed by atoms with Crippen molar-refractivity contribution in [1.29, 1.82) is 0 Å². The number of hydrogen-bond donors (Lipinski definition) is 3. The summed E-state index contributed by atoms with van der Waals surface area (Å²) in [6.45, 7) is 0.613. The Morgan fingerprint density at radius 3 is 3.17 bits per heavy atom. The molecule has 0 bridgehead atoms. The molecular weight excluding hydrogens is 156 g/mol. The van der Waals surface area contributed by atoms with Gasteiger partial charge in [0.2, 0.25) is 0 Å². The van der Waals surface area contributed by atoms with Crippen LogP contribution in [-0.2, 0) is 6.42 Å². The van der Waals surface area contributed by atoms with Gasteiger partial charge in [-0.15, -0.1) is 0 Å². The van der Waals surface area contributed by atoms with Crippen molar-refractivity contribution in [3.63, 3.8) is 0 Å². The van der Waals surface area contributed by atoms with Crippen molar-refractivity contribution >= 4 is 6.03 Å². The number of imidazole rings is 1. The summed E-state index contributed by atoms with van der Waals surface area (Å²) >= 11 is 0. The molecule has 0 saturated carbocycles. The predicted octanol–water partition coefficient (Wildman–Crippen LogP) is -0.119. The van der Waals surface area contributed by atoms with E-state index >= 15 is 0 Å². The number of nitrogens with zero attached hydrogens (tertiary/aromatic N) is 1. The zero-order valence-corrected chi connectivity index (χ0v) is 6.92. The maximum absolute atomic E-state index is 10.7. The minimum atomic E-state index is -0.158. The van der Waals surface area contributed by atoms with Crippen LogP contribution in [0.3, 0.4) is 0 Å². The highest BCUT2D eigenvalue weighted by Gasteiger charge is 1.96. The Bertz CT molecular complexity index is 232. The molecule has 2 amide bonds. The lowest BCUT2D eigenvalue weighted by molar-refractivity contribution is 0.243. The minimum absolute atomic E-state index is 0.158. The minimum Gasteiger partial charge on any atom is -0.348 e. The molecule has 1 heterocycles. The Labute approximate surface area is 70.6 Å². The van der Waals surface area contributed by atoms with Crippen LogP contribution in [-0.4, -0.2) is 29.6 Å². The fourth-order valence-corrected chi connectivity index (χ4v) is 0.820. The summed E-state index contributed by atoms with van der Waals surface area (Å²) in [4.78, 5) is 17.5. The van der Waals surface area contributed by atoms with E-state index in [2.05, 4.69) is 20.6 Å². The van der Waals surface area contributed by atoms with Crippen molar-refractivity contribution in [3.8, 4) is 0 Å². The van der Waals surface area contributed by atoms with Gasteiger partial charge in [-0.05, 0) is 0 Å². The number of rotatable bonds is 3. The monoisotopic (exact) mass is 168 g/mol. The first-order valence-electron chi connectivity index (χ1n) is 3.75. The van der Waals surface area contributed by atoms with E-state index in [1.54, 1.807) is 19.6 Å². The molecular formula is C7H12N4O. The van der Waals surface area contributed by atoms with Gasteiger partial charge in [0.25, 0.3) is 0 Å². The summed E-state index contributed by atoms with van der Waals surface area (Å²) in [6.07, 6.45) is 4.13. The van der Waals surface area contributed by atoms with Crippen molar-refractivity contribution in [2.75, 3.05) is 13.6 Å². The van der Waals surface area contributed by atoms with Crippen LogP contribution in [0.4, 0.5) is 4.79 Å². The molecule has 0 fully saturated rings. The quantitative estimate of drug-likeness (QED) is 0.589. The largest absolute Gasteiger partial charge is 0.348 e. The van der Waals surface area contributed by atoms with Gasteiger partial charge in [0.15, 0.2) is 0 Å². The molecule has 0 radical (unpaired) electrons. The average molecular weight is 168 g/mol. The fourth-order valence-electron chi connectivity index (χ4n) is 0.820. The third-order valence-electron chi connectivity index (χ3n) is 1.46. The topological polar surface area (TPSA) is 69.8 Å². The molecule has 12 heavy (non-hydrogen) atoms. The molecule has 0 saturated heterocycles. The normalized spacial score (nSPS) is 9.42. The van der Waals surface area contributed by atoms with Crippen LogP contribution in [0.1, 0.15) is 5.69 Å². The number of amides is 2. The molecule has 5 heteroatoms. The maximum atomic E-state index is 10.7. The summed E-state index contributed by atoms with van der Waals surface area (Å²) in [5.74, 6) is 0. The summed E-state index contributed by atoms with van der Waals surface area (Å²) in [7, 11) is 1.59. The number of urea groups is 1. The molecule has 0 spiro atoms. The zero-order valence-electron chi connectivity index (χ0n) is 6.92. The molecule has 1 aromatic rings. The van der Waals surface area contributed by atoms with E-state index in [4.69, 9.17) is 0 Å². The molecule has 5 nitrogen and oxygen atoms in total. The number of aromatic amines is 1. The van der Waals surface area contributed by atoms with Gasteiger partial charge >= 0.3 is 6.03 Å². The van der Waals surface area contributed by atoms with Gasteiger partial charge in [-0.1, -0.05) is 0 Å². The Hall–Kier alpha value is -1.52. The SMILES string of the molecule is CNC(=O)NCCc1cnc[nH]1. The van der Waals surface area contributed by atoms with Gasteiger partial charge in [0.1, 0.15) is 0 Å². The van der Waals surface area contributed by atoms with Gasteiger partial charge in [-0.3, -0.25) is 0 Å². The van der Waals surface area contributed by atoms with E-state index in [1.807, 2.05) is 0 Å². The number of H-pyrrole nitrogens is 1. The van der Waals surface area contributed by atoms with Crippen LogP contribution in [0.2, 0.25) is 0 Å². The lowest BCUT2D eigenvalue weighted by Gasteiger charge is -2.01. The van der Waals surface area contributed by atoms with Crippen LogP contribution in [0, 0.1) is 0 Å². The predicted molar refractivity (Wildman–Crippen MR) is 44.8 cm³/mol. The van der Waals surface area contributed by atoms with Gasteiger partial charge in [0, 0.05) is 31.9 Å². The molecule has 1 aromatic heterocycles. The van der Waals surface area contributed by atoms with Gasteiger partial charge in [-0.2, -0.15) is 0 Å². The van der Waals surface area contributed by atoms with Crippen LogP contribution in [0.25, 0.3) is 0 Å². The van der Waals surface area contributed by atoms with Crippen LogP contribution >= 0.6 is 0 Å². The molecule has 0 aliphatic heterocycles. The number of carbonyl (C=O) groups excluding carboxylic acids is 1. The summed E-state index contributed by atoms with van der Waals surface area (Å²) < 4.78 is 0. The van der Waals surface area contributed by atoms with Crippen molar-refractivity contribution in [2.24, 2.45) is 0 Å². The van der Waals surface area contributed by atoms with E-state index in [1.165, 1.54) is 0 Å². The summed E-state index contributed by atoms with van der Waals surface area (Å²) in [5.41, 5.74) is 1.02. The number of carbonyl (C=O) groups is 1. The summed E-state index contributed by atoms with van der Waals surface area (Å²) in [6, 6.07) is -0.158. The lowest BCUT2D eigenvalue weighted by Crippen LogP contribution is -2.34. The smallest absolute Gasteiger partial charge is 0.314 e. The van der Waals surface area contributed by atoms with E-state index in [-0.39, 0.29) is 6.03 Å². The van der Waals surface area contributed by atoms with Crippen LogP contribution in [0.5, 0.6) is 0 Å². The van der Waals surface area contributed by atoms with Crippen LogP contribution < -0.4 is 10.6 Å². The van der Waals surface area contributed by atoms with E-state index < -0.39 is 0 Å². The Balaban J connectivity index is 2.15. The number of nitrogens with one attached hydrogen (secondary N) is 3. The fraction of sp³-hybridized carbons (Fsp3) is 0.429. The van der Waals surface area contributed by atoms with Crippen molar-refractivity contribution < 1.29 is 4.79 Å². The molecule has 3 N–H and O–H groups in total. The zero-order chi connectivity index (χ0) is 8.81. The van der Waals surface area contributed by atoms with E-state index in [0.717, 1.165) is 12.1 Å². The van der Waals surface area contributed by atoms with Gasteiger partial charge in [0.05, 0.1) is 6.33 Å². The second-order valence-electron chi connectivity index (χ2n) is 2.33. The maximum Gasteiger partial charge on any atom is 0.314 e. The number of aromatic nitrogens is 2. The number of hydrogen-bond acceptors (Lipinski definition) is 2. The van der Waals surface area contributed by atoms with Gasteiger partial charge < -0.3 is 15.6 Å². The van der Waals surface area contributed by atoms with Crippen LogP contribution in [0.15, 0.2) is 12.5 Å². The molecule has 0 atom stereocenters. The first-order chi connectivity index (χ1) is 5.83. The van der Waals surface area contributed by atoms with Crippen molar-refractivity contribution in [1.82, 2.24) is 20.6 Å². The second-order valence-corrected chi connectivity index (χ2v) is 2.33. The van der Waals surface area contributed by atoms with Crippen molar-refractivity contribution in [2.45, 2.75) is 6.42 Å². The standard InChI is InChI=1S/C7H12N4O/c1-8-7(12)10-3-2-6-4-9-5-11-6/h4-5H,2-3H2,1H3,(H,9,11)(H2,8,10,12). The molecule has 0 unspecified atom stereocenters. The lowest BCUT2D eigenvalue weighted by atomic mass is 10.3. The third kappa shape index (κ3) is 2.61. The molecule has 1 rings (SSSR count). The van der Waals surface area contributed by atoms with Crippen molar-refractivity contribution in [3.05, 3.63) is 18.2 Å². The first-order valence-corrected chi connectivity index (χ1v) is 3.75. The molecule has 0 aromatic carbocycles. The summed E-state index contributed by atoms with van der Waals surface area (Å²) in [5, 5.41) is 5.14. The second kappa shape index (κ2) is 4.38. The Morgan fingerprint density at radius 1 is 1.75 bits per heavy atom. The molecule has 0 aliphatic rings. The van der Waals surface area contributed by atoms with E-state index in [9.17, 15) is 4.79 Å². The average Bonchev–Trinajstić information content (AvgIpc) is 2.57. The highest BCUT2D eigenvalue weighted by molar-refractivity contribution is 5.73.